The number of rotatable bonds is 3. The van der Waals surface area contributed by atoms with Gasteiger partial charge in [0, 0.05) is 11.5 Å². The smallest absolute Gasteiger partial charge is 0.194 e. The van der Waals surface area contributed by atoms with Crippen molar-refractivity contribution in [2.24, 2.45) is 5.92 Å². The Balaban J connectivity index is 2.41. The normalized spacial score (nSPS) is 33.2. The average Bonchev–Trinajstić information content (AvgIpc) is 2.78. The largest absolute Gasteiger partial charge is 0.399 e. The monoisotopic (exact) mass is 340 g/mol. The van der Waals surface area contributed by atoms with E-state index < -0.39 is 20.0 Å². The van der Waals surface area contributed by atoms with E-state index in [4.69, 9.17) is 4.43 Å². The predicted octanol–water partition coefficient (Wildman–Crippen LogP) is 3.56. The molecule has 0 unspecified atom stereocenters. The molecule has 0 amide bonds. The van der Waals surface area contributed by atoms with Gasteiger partial charge in [0.15, 0.2) is 19.7 Å². The zero-order chi connectivity index (χ0) is 16.8. The highest BCUT2D eigenvalue weighted by molar-refractivity contribution is 7.99. The fraction of sp³-hybridized carbons (Fsp3) is 0.706. The standard InChI is InChI=1S/C17H28O3SSi/c1-7-17(20-22(5,6)16(2,3)4)14(18)8-12-10-21-11-13(12)9-15(17)19/h7-8,13,15,19H,1,9-11H2,2-6H3/t13-,15-,17-/m1/s1. The summed E-state index contributed by atoms with van der Waals surface area (Å²) < 4.78 is 6.42. The van der Waals surface area contributed by atoms with Crippen LogP contribution in [-0.2, 0) is 9.22 Å². The molecule has 5 heteroatoms. The summed E-state index contributed by atoms with van der Waals surface area (Å²) in [6, 6.07) is 0. The summed E-state index contributed by atoms with van der Waals surface area (Å²) in [6.45, 7) is 14.4. The van der Waals surface area contributed by atoms with Crippen molar-refractivity contribution < 1.29 is 14.3 Å². The molecule has 0 saturated carbocycles. The molecule has 0 aromatic carbocycles. The van der Waals surface area contributed by atoms with Crippen LogP contribution in [0.2, 0.25) is 18.1 Å². The minimum atomic E-state index is -2.21. The number of hydrogen-bond acceptors (Lipinski definition) is 4. The Morgan fingerprint density at radius 2 is 2.14 bits per heavy atom. The zero-order valence-corrected chi connectivity index (χ0v) is 16.1. The highest BCUT2D eigenvalue weighted by Gasteiger charge is 2.52. The van der Waals surface area contributed by atoms with Gasteiger partial charge in [-0.3, -0.25) is 4.79 Å². The van der Waals surface area contributed by atoms with Crippen LogP contribution < -0.4 is 0 Å². The van der Waals surface area contributed by atoms with Crippen LogP contribution in [0.5, 0.6) is 0 Å². The summed E-state index contributed by atoms with van der Waals surface area (Å²) in [4.78, 5) is 12.9. The molecule has 2 rings (SSSR count). The summed E-state index contributed by atoms with van der Waals surface area (Å²) in [5.74, 6) is 2.01. The first-order valence-electron chi connectivity index (χ1n) is 7.88. The van der Waals surface area contributed by atoms with Crippen molar-refractivity contribution >= 4 is 25.9 Å². The first-order valence-corrected chi connectivity index (χ1v) is 11.9. The van der Waals surface area contributed by atoms with Gasteiger partial charge in [-0.1, -0.05) is 39.0 Å². The van der Waals surface area contributed by atoms with Crippen molar-refractivity contribution in [1.29, 1.82) is 0 Å². The topological polar surface area (TPSA) is 46.5 Å². The molecule has 0 bridgehead atoms. The van der Waals surface area contributed by atoms with Gasteiger partial charge in [-0.15, -0.1) is 0 Å². The fourth-order valence-electron chi connectivity index (χ4n) is 2.78. The minimum absolute atomic E-state index is 0.0336. The van der Waals surface area contributed by atoms with Gasteiger partial charge in [0.25, 0.3) is 0 Å². The molecule has 3 nitrogen and oxygen atoms in total. The Morgan fingerprint density at radius 1 is 1.50 bits per heavy atom. The van der Waals surface area contributed by atoms with Gasteiger partial charge < -0.3 is 9.53 Å². The highest BCUT2D eigenvalue weighted by Crippen LogP contribution is 2.44. The molecule has 1 N–H and O–H groups in total. The molecular formula is C17H28O3SSi. The summed E-state index contributed by atoms with van der Waals surface area (Å²) in [5.41, 5.74) is -0.137. The van der Waals surface area contributed by atoms with Gasteiger partial charge in [-0.2, -0.15) is 11.8 Å². The first-order chi connectivity index (χ1) is 10.0. The van der Waals surface area contributed by atoms with Gasteiger partial charge in [0.05, 0.1) is 6.10 Å². The fourth-order valence-corrected chi connectivity index (χ4v) is 5.56. The minimum Gasteiger partial charge on any atom is -0.399 e. The van der Waals surface area contributed by atoms with Gasteiger partial charge in [-0.05, 0) is 36.5 Å². The molecular weight excluding hydrogens is 312 g/mol. The molecule has 0 spiro atoms. The third kappa shape index (κ3) is 3.01. The summed E-state index contributed by atoms with van der Waals surface area (Å²) in [6.07, 6.45) is 3.00. The maximum Gasteiger partial charge on any atom is 0.194 e. The number of fused-ring (bicyclic) bond motifs is 1. The van der Waals surface area contributed by atoms with Crippen molar-refractivity contribution in [3.8, 4) is 0 Å². The third-order valence-corrected chi connectivity index (χ3v) is 11.0. The molecule has 1 heterocycles. The second-order valence-corrected chi connectivity index (χ2v) is 13.7. The zero-order valence-electron chi connectivity index (χ0n) is 14.3. The lowest BCUT2D eigenvalue weighted by molar-refractivity contribution is -0.135. The van der Waals surface area contributed by atoms with E-state index in [1.807, 2.05) is 11.8 Å². The molecule has 22 heavy (non-hydrogen) atoms. The van der Waals surface area contributed by atoms with Crippen LogP contribution in [0, 0.1) is 5.92 Å². The molecule has 1 fully saturated rings. The van der Waals surface area contributed by atoms with Crippen molar-refractivity contribution in [2.45, 2.75) is 57.0 Å². The van der Waals surface area contributed by atoms with Crippen LogP contribution in [0.1, 0.15) is 27.2 Å². The Labute approximate surface area is 139 Å². The molecule has 0 radical (unpaired) electrons. The van der Waals surface area contributed by atoms with Crippen LogP contribution in [-0.4, -0.2) is 42.4 Å². The molecule has 1 aliphatic heterocycles. The number of carbonyl (C=O) groups excluding carboxylic acids is 1. The van der Waals surface area contributed by atoms with E-state index in [1.54, 1.807) is 6.08 Å². The van der Waals surface area contributed by atoms with Crippen LogP contribution in [0.15, 0.2) is 24.3 Å². The summed E-state index contributed by atoms with van der Waals surface area (Å²) >= 11 is 1.83. The van der Waals surface area contributed by atoms with Crippen LogP contribution in [0.25, 0.3) is 0 Å². The van der Waals surface area contributed by atoms with Gasteiger partial charge >= 0.3 is 0 Å². The predicted molar refractivity (Wildman–Crippen MR) is 95.7 cm³/mol. The Morgan fingerprint density at radius 3 is 2.68 bits per heavy atom. The number of thioether (sulfide) groups is 1. The van der Waals surface area contributed by atoms with Crippen molar-refractivity contribution in [1.82, 2.24) is 0 Å². The van der Waals surface area contributed by atoms with Crippen molar-refractivity contribution in [3.63, 3.8) is 0 Å². The number of aliphatic hydroxyl groups excluding tert-OH is 1. The lowest BCUT2D eigenvalue weighted by Crippen LogP contribution is -2.57. The average molecular weight is 341 g/mol. The van der Waals surface area contributed by atoms with E-state index in [0.29, 0.717) is 6.42 Å². The number of aliphatic hydroxyl groups is 1. The van der Waals surface area contributed by atoms with Gasteiger partial charge in [-0.25, -0.2) is 0 Å². The van der Waals surface area contributed by atoms with E-state index in [0.717, 1.165) is 17.1 Å². The maximum absolute atomic E-state index is 12.9. The second-order valence-electron chi connectivity index (χ2n) is 7.91. The van der Waals surface area contributed by atoms with Crippen LogP contribution in [0.4, 0.5) is 0 Å². The Hall–Kier alpha value is -0.363. The van der Waals surface area contributed by atoms with E-state index in [1.165, 1.54) is 6.08 Å². The van der Waals surface area contributed by atoms with Crippen molar-refractivity contribution in [3.05, 3.63) is 24.3 Å². The molecule has 3 atom stereocenters. The van der Waals surface area contributed by atoms with Gasteiger partial charge in [0.1, 0.15) is 0 Å². The van der Waals surface area contributed by atoms with E-state index in [9.17, 15) is 9.90 Å². The quantitative estimate of drug-likeness (QED) is 0.630. The molecule has 1 saturated heterocycles. The van der Waals surface area contributed by atoms with Gasteiger partial charge in [0.2, 0.25) is 0 Å². The van der Waals surface area contributed by atoms with Crippen LogP contribution >= 0.6 is 11.8 Å². The molecule has 0 aromatic rings. The molecule has 0 aromatic heterocycles. The lowest BCUT2D eigenvalue weighted by atomic mass is 9.89. The first kappa shape index (κ1) is 18.0. The third-order valence-electron chi connectivity index (χ3n) is 5.35. The summed E-state index contributed by atoms with van der Waals surface area (Å²) in [5, 5.41) is 10.8. The van der Waals surface area contributed by atoms with E-state index in [-0.39, 0.29) is 16.7 Å². The molecule has 124 valence electrons. The number of hydrogen-bond donors (Lipinski definition) is 1. The second kappa shape index (κ2) is 5.93. The number of carbonyl (C=O) groups is 1. The van der Waals surface area contributed by atoms with E-state index in [2.05, 4.69) is 40.4 Å². The Kier molecular flexibility index (Phi) is 4.85. The molecule has 2 aliphatic rings. The van der Waals surface area contributed by atoms with E-state index >= 15 is 0 Å². The maximum atomic E-state index is 12.9. The molecule has 1 aliphatic carbocycles. The summed E-state index contributed by atoms with van der Waals surface area (Å²) in [7, 11) is -2.21. The van der Waals surface area contributed by atoms with Crippen molar-refractivity contribution in [2.75, 3.05) is 11.5 Å². The Bertz CT molecular complexity index is 507. The SMILES string of the molecule is C=C[C@@]1(O[Si](C)(C)C(C)(C)C)C(=O)C=C2CSC[C@H]2C[C@H]1O. The van der Waals surface area contributed by atoms with Crippen LogP contribution in [0.3, 0.4) is 0 Å². The lowest BCUT2D eigenvalue weighted by Gasteiger charge is -2.45. The number of ketones is 1. The highest BCUT2D eigenvalue weighted by atomic mass is 32.2.